The van der Waals surface area contributed by atoms with E-state index in [4.69, 9.17) is 0 Å². The third kappa shape index (κ3) is 5.24. The quantitative estimate of drug-likeness (QED) is 0.370. The van der Waals surface area contributed by atoms with E-state index in [9.17, 15) is 0 Å². The first-order chi connectivity index (χ1) is 11.5. The highest BCUT2D eigenvalue weighted by Gasteiger charge is 2.11. The molecule has 0 bridgehead atoms. The molecule has 0 spiro atoms. The van der Waals surface area contributed by atoms with Crippen molar-refractivity contribution < 1.29 is 43.1 Å². The van der Waals surface area contributed by atoms with Gasteiger partial charge < -0.3 is 34.0 Å². The van der Waals surface area contributed by atoms with E-state index in [-0.39, 0.29) is 34.0 Å². The lowest BCUT2D eigenvalue weighted by Gasteiger charge is -2.05. The zero-order valence-electron chi connectivity index (χ0n) is 15.8. The van der Waals surface area contributed by atoms with Gasteiger partial charge in [-0.25, -0.2) is 0 Å². The Morgan fingerprint density at radius 2 is 0.923 bits per heavy atom. The van der Waals surface area contributed by atoms with Gasteiger partial charge in [-0.15, -0.1) is 0 Å². The van der Waals surface area contributed by atoms with Crippen LogP contribution in [-0.2, 0) is 13.1 Å². The number of hydrogen-bond donors (Lipinski definition) is 0. The summed E-state index contributed by atoms with van der Waals surface area (Å²) in [4.78, 5) is 0. The maximum absolute atomic E-state index is 2.31. The predicted octanol–water partition coefficient (Wildman–Crippen LogP) is -2.40. The van der Waals surface area contributed by atoms with E-state index >= 15 is 0 Å². The number of rotatable bonds is 4. The smallest absolute Gasteiger partial charge is 0.181 e. The Labute approximate surface area is 178 Å². The van der Waals surface area contributed by atoms with Crippen LogP contribution in [0.3, 0.4) is 0 Å². The molecule has 2 nitrogen and oxygen atoms in total. The number of halogens is 2. The Balaban J connectivity index is 0.00000169. The standard InChI is InChI=1S/C22H26N2.2BrH/c1-17-7-5-13-23(19(17)3)15-21-9-11-22(12-10-21)16-24-14-6-8-18(2)20(24)4;;/h5-14H,15-16H2,1-4H3;2*1H/q+2;;/p-2. The molecule has 2 heterocycles. The van der Waals surface area contributed by atoms with E-state index in [1.165, 1.54) is 33.6 Å². The maximum Gasteiger partial charge on any atom is 0.181 e. The van der Waals surface area contributed by atoms with E-state index < -0.39 is 0 Å². The first kappa shape index (κ1) is 22.5. The van der Waals surface area contributed by atoms with Gasteiger partial charge in [0, 0.05) is 48.2 Å². The summed E-state index contributed by atoms with van der Waals surface area (Å²) in [6.45, 7) is 10.5. The summed E-state index contributed by atoms with van der Waals surface area (Å²) in [6, 6.07) is 17.5. The highest BCUT2D eigenvalue weighted by molar-refractivity contribution is 5.22. The molecule has 0 unspecified atom stereocenters. The molecule has 0 N–H and O–H groups in total. The molecule has 0 atom stereocenters. The van der Waals surface area contributed by atoms with E-state index in [2.05, 4.69) is 97.8 Å². The fourth-order valence-corrected chi connectivity index (χ4v) is 2.99. The molecule has 0 fully saturated rings. The first-order valence-electron chi connectivity index (χ1n) is 8.54. The van der Waals surface area contributed by atoms with Crippen LogP contribution in [0, 0.1) is 27.7 Å². The van der Waals surface area contributed by atoms with Gasteiger partial charge in [-0.3, -0.25) is 0 Å². The number of pyridine rings is 2. The summed E-state index contributed by atoms with van der Waals surface area (Å²) in [7, 11) is 0. The SMILES string of the molecule is Cc1ccc[n+](Cc2ccc(C[n+]3cccc(C)c3C)cc2)c1C.[Br-].[Br-]. The Morgan fingerprint density at radius 1 is 0.577 bits per heavy atom. The fourth-order valence-electron chi connectivity index (χ4n) is 2.99. The summed E-state index contributed by atoms with van der Waals surface area (Å²) in [5.41, 5.74) is 7.99. The van der Waals surface area contributed by atoms with Crippen molar-refractivity contribution in [3.63, 3.8) is 0 Å². The van der Waals surface area contributed by atoms with Crippen LogP contribution in [0.1, 0.15) is 33.6 Å². The molecule has 0 aliphatic carbocycles. The minimum atomic E-state index is 0. The zero-order chi connectivity index (χ0) is 17.1. The Kier molecular flexibility index (Phi) is 8.65. The zero-order valence-corrected chi connectivity index (χ0v) is 19.0. The largest absolute Gasteiger partial charge is 1.00 e. The number of aromatic nitrogens is 2. The molecule has 1 aromatic carbocycles. The molecule has 0 amide bonds. The molecular weight excluding hydrogens is 452 g/mol. The molecule has 26 heavy (non-hydrogen) atoms. The third-order valence-corrected chi connectivity index (χ3v) is 4.96. The molecule has 0 aliphatic rings. The van der Waals surface area contributed by atoms with Crippen molar-refractivity contribution in [2.45, 2.75) is 40.8 Å². The summed E-state index contributed by atoms with van der Waals surface area (Å²) < 4.78 is 4.62. The lowest BCUT2D eigenvalue weighted by molar-refractivity contribution is -0.695. The van der Waals surface area contributed by atoms with E-state index in [1.807, 2.05) is 0 Å². The van der Waals surface area contributed by atoms with Crippen LogP contribution in [-0.4, -0.2) is 0 Å². The molecular formula is C22H26Br2N2. The molecule has 138 valence electrons. The third-order valence-electron chi connectivity index (χ3n) is 4.96. The molecule has 3 aromatic rings. The average molecular weight is 478 g/mol. The van der Waals surface area contributed by atoms with E-state index in [0.29, 0.717) is 0 Å². The van der Waals surface area contributed by atoms with Crippen molar-refractivity contribution in [3.8, 4) is 0 Å². The highest BCUT2D eigenvalue weighted by Crippen LogP contribution is 2.07. The van der Waals surface area contributed by atoms with Crippen molar-refractivity contribution in [2.24, 2.45) is 0 Å². The second-order valence-electron chi connectivity index (χ2n) is 6.63. The Bertz CT molecular complexity index is 786. The van der Waals surface area contributed by atoms with Gasteiger partial charge in [0.1, 0.15) is 0 Å². The second-order valence-corrected chi connectivity index (χ2v) is 6.63. The van der Waals surface area contributed by atoms with Crippen molar-refractivity contribution >= 4 is 0 Å². The van der Waals surface area contributed by atoms with Crippen molar-refractivity contribution in [2.75, 3.05) is 0 Å². The number of aryl methyl sites for hydroxylation is 2. The number of hydrogen-bond acceptors (Lipinski definition) is 0. The average Bonchev–Trinajstić information content (AvgIpc) is 2.58. The monoisotopic (exact) mass is 476 g/mol. The number of nitrogens with zero attached hydrogens (tertiary/aromatic N) is 2. The van der Waals surface area contributed by atoms with Gasteiger partial charge in [-0.1, -0.05) is 24.3 Å². The van der Waals surface area contributed by atoms with Crippen LogP contribution in [0.4, 0.5) is 0 Å². The van der Waals surface area contributed by atoms with Gasteiger partial charge in [0.2, 0.25) is 0 Å². The van der Waals surface area contributed by atoms with Crippen molar-refractivity contribution in [1.82, 2.24) is 0 Å². The number of benzene rings is 1. The molecule has 0 aliphatic heterocycles. The minimum absolute atomic E-state index is 0. The van der Waals surface area contributed by atoms with Crippen LogP contribution in [0.25, 0.3) is 0 Å². The van der Waals surface area contributed by atoms with Crippen LogP contribution >= 0.6 is 0 Å². The molecule has 4 heteroatoms. The Hall–Kier alpha value is -1.52. The lowest BCUT2D eigenvalue weighted by Crippen LogP contribution is -3.00. The summed E-state index contributed by atoms with van der Waals surface area (Å²) in [5.74, 6) is 0. The Morgan fingerprint density at radius 3 is 1.27 bits per heavy atom. The first-order valence-corrected chi connectivity index (χ1v) is 8.54. The van der Waals surface area contributed by atoms with E-state index in [1.54, 1.807) is 0 Å². The molecule has 2 aromatic heterocycles. The highest BCUT2D eigenvalue weighted by atomic mass is 79.9. The normalized spacial score (nSPS) is 10.0. The molecule has 0 saturated heterocycles. The van der Waals surface area contributed by atoms with Crippen molar-refractivity contribution in [1.29, 1.82) is 0 Å². The minimum Gasteiger partial charge on any atom is -1.00 e. The maximum atomic E-state index is 2.31. The predicted molar refractivity (Wildman–Crippen MR) is 96.9 cm³/mol. The summed E-state index contributed by atoms with van der Waals surface area (Å²) >= 11 is 0. The summed E-state index contributed by atoms with van der Waals surface area (Å²) in [6.07, 6.45) is 4.31. The van der Waals surface area contributed by atoms with Gasteiger partial charge in [0.05, 0.1) is 0 Å². The van der Waals surface area contributed by atoms with Crippen LogP contribution in [0.15, 0.2) is 60.9 Å². The van der Waals surface area contributed by atoms with E-state index in [0.717, 1.165) is 13.1 Å². The van der Waals surface area contributed by atoms with Gasteiger partial charge in [0.25, 0.3) is 0 Å². The molecule has 3 rings (SSSR count). The van der Waals surface area contributed by atoms with Gasteiger partial charge in [-0.2, -0.15) is 9.13 Å². The van der Waals surface area contributed by atoms with Gasteiger partial charge >= 0.3 is 0 Å². The van der Waals surface area contributed by atoms with Gasteiger partial charge in [0.15, 0.2) is 36.9 Å². The molecule has 0 saturated carbocycles. The molecule has 0 radical (unpaired) electrons. The summed E-state index contributed by atoms with van der Waals surface area (Å²) in [5, 5.41) is 0. The van der Waals surface area contributed by atoms with Crippen LogP contribution in [0.5, 0.6) is 0 Å². The fraction of sp³-hybridized carbons (Fsp3) is 0.273. The topological polar surface area (TPSA) is 7.76 Å². The van der Waals surface area contributed by atoms with Gasteiger partial charge in [-0.05, 0) is 26.0 Å². The van der Waals surface area contributed by atoms with Crippen LogP contribution < -0.4 is 43.1 Å². The second kappa shape index (κ2) is 9.98. The van der Waals surface area contributed by atoms with Crippen LogP contribution in [0.2, 0.25) is 0 Å². The lowest BCUT2D eigenvalue weighted by atomic mass is 10.1. The van der Waals surface area contributed by atoms with Crippen molar-refractivity contribution in [3.05, 3.63) is 94.6 Å².